The topological polar surface area (TPSA) is 83.6 Å². The summed E-state index contributed by atoms with van der Waals surface area (Å²) in [5, 5.41) is 10.3. The molecule has 0 radical (unpaired) electrons. The maximum atomic E-state index is 12.9. The summed E-state index contributed by atoms with van der Waals surface area (Å²) in [6, 6.07) is 5.74. The molecule has 130 valence electrons. The largest absolute Gasteiger partial charge is 0.505 e. The fourth-order valence-electron chi connectivity index (χ4n) is 2.61. The number of aliphatic hydroxyl groups excluding tert-OH is 1. The van der Waals surface area contributed by atoms with Crippen molar-refractivity contribution in [2.75, 3.05) is 6.54 Å². The maximum Gasteiger partial charge on any atom is 0.295 e. The van der Waals surface area contributed by atoms with Gasteiger partial charge in [-0.3, -0.25) is 9.59 Å². The van der Waals surface area contributed by atoms with Crippen molar-refractivity contribution < 1.29 is 23.5 Å². The fourth-order valence-corrected chi connectivity index (χ4v) is 2.61. The van der Waals surface area contributed by atoms with E-state index in [1.54, 1.807) is 26.0 Å². The summed E-state index contributed by atoms with van der Waals surface area (Å²) in [5.41, 5.74) is 0.902. The van der Waals surface area contributed by atoms with Gasteiger partial charge in [-0.1, -0.05) is 12.1 Å². The molecule has 1 amide bonds. The molecule has 1 saturated heterocycles. The lowest BCUT2D eigenvalue weighted by Gasteiger charge is -2.18. The van der Waals surface area contributed by atoms with Crippen molar-refractivity contribution in [2.45, 2.75) is 26.3 Å². The summed E-state index contributed by atoms with van der Waals surface area (Å²) in [7, 11) is 0. The van der Waals surface area contributed by atoms with Crippen LogP contribution in [0.1, 0.15) is 31.0 Å². The molecule has 1 N–H and O–H groups in total. The minimum Gasteiger partial charge on any atom is -0.505 e. The van der Waals surface area contributed by atoms with Crippen LogP contribution in [0.3, 0.4) is 0 Å². The third kappa shape index (κ3) is 3.31. The van der Waals surface area contributed by atoms with Crippen LogP contribution in [-0.4, -0.2) is 39.3 Å². The third-order valence-corrected chi connectivity index (χ3v) is 4.03. The zero-order valence-electron chi connectivity index (χ0n) is 13.8. The highest BCUT2D eigenvalue weighted by molar-refractivity contribution is 6.46. The number of oxazole rings is 1. The van der Waals surface area contributed by atoms with Gasteiger partial charge >= 0.3 is 0 Å². The Morgan fingerprint density at radius 3 is 2.60 bits per heavy atom. The number of nitrogens with zero attached hydrogens (tertiary/aromatic N) is 2. The molecular formula is C18H17FN2O4. The Morgan fingerprint density at radius 1 is 1.32 bits per heavy atom. The summed E-state index contributed by atoms with van der Waals surface area (Å²) in [6.07, 6.45) is 1.55. The van der Waals surface area contributed by atoms with E-state index in [1.807, 2.05) is 0 Å². The Kier molecular flexibility index (Phi) is 4.39. The summed E-state index contributed by atoms with van der Waals surface area (Å²) in [6.45, 7) is 3.63. The number of hydrogen-bond donors (Lipinski definition) is 1. The van der Waals surface area contributed by atoms with Crippen molar-refractivity contribution in [3.05, 3.63) is 59.1 Å². The van der Waals surface area contributed by atoms with E-state index in [4.69, 9.17) is 4.42 Å². The molecule has 7 heteroatoms. The molecule has 6 nitrogen and oxygen atoms in total. The first-order valence-corrected chi connectivity index (χ1v) is 7.83. The van der Waals surface area contributed by atoms with Gasteiger partial charge in [-0.05, 0) is 31.5 Å². The SMILES string of the molecule is CC(C)N1C/C(=C(/O)c2coc(Cc3ccc(F)cc3)n2)C(=O)C1=O. The first-order valence-electron chi connectivity index (χ1n) is 7.83. The second-order valence-corrected chi connectivity index (χ2v) is 6.11. The van der Waals surface area contributed by atoms with Gasteiger partial charge in [0.05, 0.1) is 12.1 Å². The van der Waals surface area contributed by atoms with Gasteiger partial charge < -0.3 is 14.4 Å². The summed E-state index contributed by atoms with van der Waals surface area (Å²) in [4.78, 5) is 29.5. The number of ketones is 1. The predicted octanol–water partition coefficient (Wildman–Crippen LogP) is 2.49. The minimum absolute atomic E-state index is 0.0142. The second-order valence-electron chi connectivity index (χ2n) is 6.11. The fraction of sp³-hybridized carbons (Fsp3) is 0.278. The normalized spacial score (nSPS) is 16.9. The van der Waals surface area contributed by atoms with Gasteiger partial charge in [0.25, 0.3) is 11.7 Å². The molecule has 1 aromatic heterocycles. The number of carbonyl (C=O) groups excluding carboxylic acids is 2. The maximum absolute atomic E-state index is 12.9. The Balaban J connectivity index is 1.83. The van der Waals surface area contributed by atoms with E-state index in [1.165, 1.54) is 23.3 Å². The minimum atomic E-state index is -0.728. The van der Waals surface area contributed by atoms with Gasteiger partial charge in [0.1, 0.15) is 17.8 Å². The Labute approximate surface area is 143 Å². The number of Topliss-reactive ketones (excluding diaryl/α,β-unsaturated/α-hetero) is 1. The Hall–Kier alpha value is -2.96. The lowest BCUT2D eigenvalue weighted by atomic mass is 10.1. The number of likely N-dealkylation sites (tertiary alicyclic amines) is 1. The molecule has 1 fully saturated rings. The van der Waals surface area contributed by atoms with Crippen LogP contribution in [0, 0.1) is 5.82 Å². The second kappa shape index (κ2) is 6.51. The molecule has 0 saturated carbocycles. The van der Waals surface area contributed by atoms with E-state index in [0.717, 1.165) is 5.56 Å². The zero-order valence-corrected chi connectivity index (χ0v) is 13.8. The van der Waals surface area contributed by atoms with Gasteiger partial charge in [-0.25, -0.2) is 9.37 Å². The van der Waals surface area contributed by atoms with E-state index in [2.05, 4.69) is 4.98 Å². The average molecular weight is 344 g/mol. The molecular weight excluding hydrogens is 327 g/mol. The molecule has 0 atom stereocenters. The van der Waals surface area contributed by atoms with Crippen LogP contribution < -0.4 is 0 Å². The third-order valence-electron chi connectivity index (χ3n) is 4.03. The number of carbonyl (C=O) groups is 2. The molecule has 2 aromatic rings. The van der Waals surface area contributed by atoms with Crippen LogP contribution in [0.2, 0.25) is 0 Å². The zero-order chi connectivity index (χ0) is 18.1. The summed E-state index contributed by atoms with van der Waals surface area (Å²) >= 11 is 0. The smallest absolute Gasteiger partial charge is 0.295 e. The molecule has 1 aliphatic rings. The van der Waals surface area contributed by atoms with Crippen LogP contribution in [0.15, 0.2) is 40.5 Å². The number of aromatic nitrogens is 1. The molecule has 1 aromatic carbocycles. The predicted molar refractivity (Wildman–Crippen MR) is 87.1 cm³/mol. The van der Waals surface area contributed by atoms with E-state index in [9.17, 15) is 19.1 Å². The molecule has 0 spiro atoms. The van der Waals surface area contributed by atoms with Gasteiger partial charge in [0.15, 0.2) is 11.6 Å². The van der Waals surface area contributed by atoms with Crippen LogP contribution in [0.25, 0.3) is 5.76 Å². The van der Waals surface area contributed by atoms with Gasteiger partial charge in [0.2, 0.25) is 0 Å². The van der Waals surface area contributed by atoms with Gasteiger partial charge in [-0.15, -0.1) is 0 Å². The summed E-state index contributed by atoms with van der Waals surface area (Å²) in [5.74, 6) is -1.74. The molecule has 1 aliphatic heterocycles. The van der Waals surface area contributed by atoms with Crippen LogP contribution in [0.5, 0.6) is 0 Å². The lowest BCUT2D eigenvalue weighted by Crippen LogP contribution is -2.33. The number of aliphatic hydroxyl groups is 1. The van der Waals surface area contributed by atoms with Crippen molar-refractivity contribution >= 4 is 17.4 Å². The van der Waals surface area contributed by atoms with Crippen LogP contribution >= 0.6 is 0 Å². The first kappa shape index (κ1) is 16.9. The Morgan fingerprint density at radius 2 is 2.00 bits per heavy atom. The number of hydrogen-bond acceptors (Lipinski definition) is 5. The van der Waals surface area contributed by atoms with E-state index in [0.29, 0.717) is 12.3 Å². The van der Waals surface area contributed by atoms with Gasteiger partial charge in [-0.2, -0.15) is 0 Å². The van der Waals surface area contributed by atoms with Crippen molar-refractivity contribution in [3.8, 4) is 0 Å². The number of rotatable bonds is 4. The first-order chi connectivity index (χ1) is 11.9. The molecule has 0 aliphatic carbocycles. The molecule has 0 unspecified atom stereocenters. The monoisotopic (exact) mass is 344 g/mol. The highest BCUT2D eigenvalue weighted by atomic mass is 19.1. The molecule has 3 rings (SSSR count). The molecule has 0 bridgehead atoms. The lowest BCUT2D eigenvalue weighted by molar-refractivity contribution is -0.140. The average Bonchev–Trinajstić information content (AvgIpc) is 3.15. The van der Waals surface area contributed by atoms with Crippen LogP contribution in [0.4, 0.5) is 4.39 Å². The summed E-state index contributed by atoms with van der Waals surface area (Å²) < 4.78 is 18.2. The standard InChI is InChI=1S/C18H17FN2O4/c1-10(2)21-8-13(17(23)18(21)24)16(22)14-9-25-15(20-14)7-11-3-5-12(19)6-4-11/h3-6,9-10,22H,7-8H2,1-2H3/b16-13-. The Bertz CT molecular complexity index is 852. The van der Waals surface area contributed by atoms with Crippen molar-refractivity contribution in [1.29, 1.82) is 0 Å². The van der Waals surface area contributed by atoms with Crippen molar-refractivity contribution in [1.82, 2.24) is 9.88 Å². The highest BCUT2D eigenvalue weighted by Gasteiger charge is 2.38. The highest BCUT2D eigenvalue weighted by Crippen LogP contribution is 2.24. The number of amides is 1. The number of halogens is 1. The number of benzene rings is 1. The van der Waals surface area contributed by atoms with E-state index >= 15 is 0 Å². The molecule has 25 heavy (non-hydrogen) atoms. The van der Waals surface area contributed by atoms with E-state index < -0.39 is 11.7 Å². The van der Waals surface area contributed by atoms with Gasteiger partial charge in [0, 0.05) is 12.5 Å². The van der Waals surface area contributed by atoms with Crippen molar-refractivity contribution in [2.24, 2.45) is 0 Å². The molecule has 2 heterocycles. The van der Waals surface area contributed by atoms with Crippen molar-refractivity contribution in [3.63, 3.8) is 0 Å². The quantitative estimate of drug-likeness (QED) is 0.523. The van der Waals surface area contributed by atoms with E-state index in [-0.39, 0.29) is 35.4 Å². The van der Waals surface area contributed by atoms with Crippen LogP contribution in [-0.2, 0) is 16.0 Å².